The maximum absolute atomic E-state index is 14.0. The number of hydrogen-bond acceptors (Lipinski definition) is 2. The van der Waals surface area contributed by atoms with Gasteiger partial charge in [-0.3, -0.25) is 4.79 Å². The fourth-order valence-electron chi connectivity index (χ4n) is 2.61. The molecular formula is C17H15ClFNO2. The summed E-state index contributed by atoms with van der Waals surface area (Å²) in [6.07, 6.45) is 1.61. The van der Waals surface area contributed by atoms with Crippen LogP contribution >= 0.6 is 11.6 Å². The first-order valence-electron chi connectivity index (χ1n) is 7.11. The average Bonchev–Trinajstić information content (AvgIpc) is 2.54. The first kappa shape index (κ1) is 14.9. The lowest BCUT2D eigenvalue weighted by Gasteiger charge is -2.29. The summed E-state index contributed by atoms with van der Waals surface area (Å²) in [6.45, 7) is 0.381. The lowest BCUT2D eigenvalue weighted by Crippen LogP contribution is -2.39. The highest BCUT2D eigenvalue weighted by atomic mass is 35.5. The standard InChI is InChI=1S/C17H15ClFNO2/c18-13-6-8-14(9-7-13)22-11-16(21)20-10-2-4-12-3-1-5-15(19)17(12)20/h1,3,5-9H,2,4,10-11H2. The lowest BCUT2D eigenvalue weighted by molar-refractivity contribution is -0.120. The van der Waals surface area contributed by atoms with Gasteiger partial charge in [-0.2, -0.15) is 0 Å². The summed E-state index contributed by atoms with van der Waals surface area (Å²) in [5, 5.41) is 0.603. The summed E-state index contributed by atoms with van der Waals surface area (Å²) < 4.78 is 19.5. The first-order chi connectivity index (χ1) is 10.6. The number of halogens is 2. The van der Waals surface area contributed by atoms with Gasteiger partial charge in [0, 0.05) is 11.6 Å². The zero-order valence-electron chi connectivity index (χ0n) is 11.9. The molecule has 0 fully saturated rings. The lowest BCUT2D eigenvalue weighted by atomic mass is 10.0. The number of rotatable bonds is 3. The minimum atomic E-state index is -0.364. The minimum Gasteiger partial charge on any atom is -0.484 e. The molecule has 0 N–H and O–H groups in total. The third kappa shape index (κ3) is 3.07. The number of carbonyl (C=O) groups excluding carboxylic acids is 1. The van der Waals surface area contributed by atoms with Gasteiger partial charge in [0.2, 0.25) is 0 Å². The van der Waals surface area contributed by atoms with Crippen LogP contribution in [0.5, 0.6) is 5.75 Å². The van der Waals surface area contributed by atoms with E-state index in [0.29, 0.717) is 23.0 Å². The third-order valence-electron chi connectivity index (χ3n) is 3.65. The molecular weight excluding hydrogens is 305 g/mol. The number of hydrogen-bond donors (Lipinski definition) is 0. The van der Waals surface area contributed by atoms with E-state index in [1.807, 2.05) is 6.07 Å². The number of aryl methyl sites for hydroxylation is 1. The third-order valence-corrected chi connectivity index (χ3v) is 3.90. The Labute approximate surface area is 133 Å². The Morgan fingerprint density at radius 1 is 1.23 bits per heavy atom. The van der Waals surface area contributed by atoms with Crippen LogP contribution in [0.25, 0.3) is 0 Å². The Kier molecular flexibility index (Phi) is 4.29. The minimum absolute atomic E-state index is 0.130. The maximum Gasteiger partial charge on any atom is 0.265 e. The van der Waals surface area contributed by atoms with Crippen LogP contribution in [-0.4, -0.2) is 19.1 Å². The summed E-state index contributed by atoms with van der Waals surface area (Å²) >= 11 is 5.80. The van der Waals surface area contributed by atoms with E-state index in [2.05, 4.69) is 0 Å². The van der Waals surface area contributed by atoms with Crippen LogP contribution < -0.4 is 9.64 Å². The van der Waals surface area contributed by atoms with Crippen molar-refractivity contribution in [3.8, 4) is 5.75 Å². The molecule has 1 heterocycles. The second-order valence-corrected chi connectivity index (χ2v) is 5.58. The van der Waals surface area contributed by atoms with E-state index in [4.69, 9.17) is 16.3 Å². The topological polar surface area (TPSA) is 29.5 Å². The number of para-hydroxylation sites is 1. The largest absolute Gasteiger partial charge is 0.484 e. The van der Waals surface area contributed by atoms with Crippen molar-refractivity contribution in [2.24, 2.45) is 0 Å². The van der Waals surface area contributed by atoms with E-state index < -0.39 is 0 Å². The van der Waals surface area contributed by atoms with Gasteiger partial charge in [-0.1, -0.05) is 23.7 Å². The number of fused-ring (bicyclic) bond motifs is 1. The maximum atomic E-state index is 14.0. The van der Waals surface area contributed by atoms with E-state index >= 15 is 0 Å². The van der Waals surface area contributed by atoms with E-state index in [1.165, 1.54) is 11.0 Å². The van der Waals surface area contributed by atoms with Crippen LogP contribution in [0.4, 0.5) is 10.1 Å². The van der Waals surface area contributed by atoms with Crippen LogP contribution in [0.3, 0.4) is 0 Å². The Hall–Kier alpha value is -2.07. The van der Waals surface area contributed by atoms with E-state index in [-0.39, 0.29) is 18.3 Å². The highest BCUT2D eigenvalue weighted by Crippen LogP contribution is 2.30. The van der Waals surface area contributed by atoms with Gasteiger partial charge in [-0.15, -0.1) is 0 Å². The van der Waals surface area contributed by atoms with Crippen molar-refractivity contribution in [1.29, 1.82) is 0 Å². The highest BCUT2D eigenvalue weighted by Gasteiger charge is 2.25. The fourth-order valence-corrected chi connectivity index (χ4v) is 2.73. The summed E-state index contributed by atoms with van der Waals surface area (Å²) in [5.41, 5.74) is 1.25. The summed E-state index contributed by atoms with van der Waals surface area (Å²) in [7, 11) is 0. The van der Waals surface area contributed by atoms with Crippen molar-refractivity contribution >= 4 is 23.2 Å². The molecule has 2 aromatic rings. The van der Waals surface area contributed by atoms with Crippen LogP contribution in [0, 0.1) is 5.82 Å². The highest BCUT2D eigenvalue weighted by molar-refractivity contribution is 6.30. The number of carbonyl (C=O) groups is 1. The van der Waals surface area contributed by atoms with Gasteiger partial charge in [0.15, 0.2) is 6.61 Å². The Morgan fingerprint density at radius 2 is 2.00 bits per heavy atom. The van der Waals surface area contributed by atoms with Crippen molar-refractivity contribution in [1.82, 2.24) is 0 Å². The molecule has 0 saturated heterocycles. The number of nitrogens with zero attached hydrogens (tertiary/aromatic N) is 1. The second kappa shape index (κ2) is 6.36. The summed E-state index contributed by atoms with van der Waals surface area (Å²) in [5.74, 6) is -0.0541. The molecule has 0 unspecified atom stereocenters. The molecule has 1 amide bonds. The van der Waals surface area contributed by atoms with Gasteiger partial charge in [-0.05, 0) is 48.7 Å². The smallest absolute Gasteiger partial charge is 0.265 e. The van der Waals surface area contributed by atoms with E-state index in [0.717, 1.165) is 18.4 Å². The molecule has 0 aromatic heterocycles. The molecule has 114 valence electrons. The van der Waals surface area contributed by atoms with Crippen molar-refractivity contribution in [3.63, 3.8) is 0 Å². The Morgan fingerprint density at radius 3 is 2.77 bits per heavy atom. The van der Waals surface area contributed by atoms with Crippen LogP contribution in [-0.2, 0) is 11.2 Å². The molecule has 0 bridgehead atoms. The second-order valence-electron chi connectivity index (χ2n) is 5.14. The molecule has 0 spiro atoms. The zero-order chi connectivity index (χ0) is 15.5. The van der Waals surface area contributed by atoms with E-state index in [1.54, 1.807) is 30.3 Å². The molecule has 1 aliphatic rings. The normalized spacial score (nSPS) is 13.6. The predicted molar refractivity (Wildman–Crippen MR) is 84.0 cm³/mol. The van der Waals surface area contributed by atoms with Crippen molar-refractivity contribution in [2.45, 2.75) is 12.8 Å². The van der Waals surface area contributed by atoms with Crippen LogP contribution in [0.15, 0.2) is 42.5 Å². The number of anilines is 1. The molecule has 3 nitrogen and oxygen atoms in total. The monoisotopic (exact) mass is 319 g/mol. The van der Waals surface area contributed by atoms with Gasteiger partial charge in [0.05, 0.1) is 5.69 Å². The van der Waals surface area contributed by atoms with Gasteiger partial charge in [0.25, 0.3) is 5.91 Å². The van der Waals surface area contributed by atoms with Gasteiger partial charge >= 0.3 is 0 Å². The summed E-state index contributed by atoms with van der Waals surface area (Å²) in [4.78, 5) is 13.8. The molecule has 0 saturated carbocycles. The number of amides is 1. The molecule has 22 heavy (non-hydrogen) atoms. The average molecular weight is 320 g/mol. The number of ether oxygens (including phenoxy) is 1. The summed E-state index contributed by atoms with van der Waals surface area (Å²) in [6, 6.07) is 11.7. The van der Waals surface area contributed by atoms with Crippen molar-refractivity contribution < 1.29 is 13.9 Å². The van der Waals surface area contributed by atoms with Crippen molar-refractivity contribution in [2.75, 3.05) is 18.1 Å². The fraction of sp³-hybridized carbons (Fsp3) is 0.235. The van der Waals surface area contributed by atoms with Crippen LogP contribution in [0.2, 0.25) is 5.02 Å². The van der Waals surface area contributed by atoms with Gasteiger partial charge in [0.1, 0.15) is 11.6 Å². The van der Waals surface area contributed by atoms with Gasteiger partial charge in [-0.25, -0.2) is 4.39 Å². The molecule has 5 heteroatoms. The predicted octanol–water partition coefficient (Wildman–Crippen LogP) is 3.84. The Balaban J connectivity index is 1.72. The van der Waals surface area contributed by atoms with Gasteiger partial charge < -0.3 is 9.64 Å². The molecule has 0 radical (unpaired) electrons. The Bertz CT molecular complexity index is 688. The SMILES string of the molecule is O=C(COc1ccc(Cl)cc1)N1CCCc2cccc(F)c21. The molecule has 0 atom stereocenters. The molecule has 2 aromatic carbocycles. The van der Waals surface area contributed by atoms with E-state index in [9.17, 15) is 9.18 Å². The first-order valence-corrected chi connectivity index (χ1v) is 7.49. The zero-order valence-corrected chi connectivity index (χ0v) is 12.6. The van der Waals surface area contributed by atoms with Crippen LogP contribution in [0.1, 0.15) is 12.0 Å². The number of benzene rings is 2. The molecule has 1 aliphatic heterocycles. The van der Waals surface area contributed by atoms with Crippen molar-refractivity contribution in [3.05, 3.63) is 58.9 Å². The molecule has 3 rings (SSSR count). The quantitative estimate of drug-likeness (QED) is 0.860. The molecule has 0 aliphatic carbocycles.